The van der Waals surface area contributed by atoms with Gasteiger partial charge in [-0.1, -0.05) is 41.4 Å². The molecule has 2 rings (SSSR count). The van der Waals surface area contributed by atoms with Gasteiger partial charge in [0.05, 0.1) is 6.54 Å². The van der Waals surface area contributed by atoms with Gasteiger partial charge in [0, 0.05) is 17.1 Å². The van der Waals surface area contributed by atoms with Gasteiger partial charge in [-0.25, -0.2) is 0 Å². The summed E-state index contributed by atoms with van der Waals surface area (Å²) in [5.41, 5.74) is 3.81. The number of halogens is 1. The highest BCUT2D eigenvalue weighted by molar-refractivity contribution is 6.30. The maximum absolute atomic E-state index is 11.9. The molecule has 120 valence electrons. The second kappa shape index (κ2) is 7.79. The molecule has 0 saturated carbocycles. The van der Waals surface area contributed by atoms with Crippen LogP contribution in [0.2, 0.25) is 5.02 Å². The Morgan fingerprint density at radius 1 is 1.04 bits per heavy atom. The second-order valence-electron chi connectivity index (χ2n) is 5.40. The highest BCUT2D eigenvalue weighted by Crippen LogP contribution is 2.11. The lowest BCUT2D eigenvalue weighted by atomic mass is 10.1. The highest BCUT2D eigenvalue weighted by Gasteiger charge is 2.08. The number of rotatable bonds is 5. The molecule has 0 aliphatic rings. The van der Waals surface area contributed by atoms with Crippen molar-refractivity contribution in [2.45, 2.75) is 20.4 Å². The minimum absolute atomic E-state index is 0.0732. The zero-order valence-corrected chi connectivity index (χ0v) is 13.9. The zero-order valence-electron chi connectivity index (χ0n) is 13.2. The molecule has 2 amide bonds. The van der Waals surface area contributed by atoms with Crippen molar-refractivity contribution in [2.75, 3.05) is 6.54 Å². The molecule has 0 fully saturated rings. The lowest BCUT2D eigenvalue weighted by Crippen LogP contribution is -2.36. The van der Waals surface area contributed by atoms with Crippen LogP contribution < -0.4 is 10.6 Å². The van der Waals surface area contributed by atoms with Gasteiger partial charge in [0.2, 0.25) is 5.91 Å². The monoisotopic (exact) mass is 330 g/mol. The summed E-state index contributed by atoms with van der Waals surface area (Å²) in [4.78, 5) is 23.8. The Morgan fingerprint density at radius 3 is 2.52 bits per heavy atom. The Labute approximate surface area is 140 Å². The first-order valence-electron chi connectivity index (χ1n) is 7.32. The van der Waals surface area contributed by atoms with Gasteiger partial charge >= 0.3 is 0 Å². The maximum atomic E-state index is 11.9. The Balaban J connectivity index is 1.82. The molecule has 0 saturated heterocycles. The van der Waals surface area contributed by atoms with Gasteiger partial charge in [-0.3, -0.25) is 9.59 Å². The number of benzene rings is 2. The lowest BCUT2D eigenvalue weighted by Gasteiger charge is -2.10. The SMILES string of the molecule is Cc1ccc(CNC(=O)CNC(=O)c2cccc(Cl)c2)c(C)c1. The van der Waals surface area contributed by atoms with Crippen LogP contribution in [-0.2, 0) is 11.3 Å². The van der Waals surface area contributed by atoms with Crippen LogP contribution in [0.4, 0.5) is 0 Å². The molecule has 5 heteroatoms. The van der Waals surface area contributed by atoms with E-state index >= 15 is 0 Å². The van der Waals surface area contributed by atoms with Crippen molar-refractivity contribution >= 4 is 23.4 Å². The average molecular weight is 331 g/mol. The molecule has 0 bridgehead atoms. The molecule has 0 aliphatic heterocycles. The van der Waals surface area contributed by atoms with Gasteiger partial charge in [-0.2, -0.15) is 0 Å². The van der Waals surface area contributed by atoms with E-state index in [2.05, 4.69) is 16.7 Å². The fraction of sp³-hybridized carbons (Fsp3) is 0.222. The van der Waals surface area contributed by atoms with E-state index in [-0.39, 0.29) is 18.4 Å². The largest absolute Gasteiger partial charge is 0.350 e. The minimum Gasteiger partial charge on any atom is -0.350 e. The number of aryl methyl sites for hydroxylation is 2. The number of hydrogen-bond acceptors (Lipinski definition) is 2. The molecule has 0 atom stereocenters. The van der Waals surface area contributed by atoms with Gasteiger partial charge in [0.25, 0.3) is 5.91 Å². The summed E-state index contributed by atoms with van der Waals surface area (Å²) in [5.74, 6) is -0.561. The summed E-state index contributed by atoms with van der Waals surface area (Å²) in [6.07, 6.45) is 0. The summed E-state index contributed by atoms with van der Waals surface area (Å²) < 4.78 is 0. The number of amides is 2. The molecular weight excluding hydrogens is 312 g/mol. The Morgan fingerprint density at radius 2 is 1.83 bits per heavy atom. The normalized spacial score (nSPS) is 10.2. The zero-order chi connectivity index (χ0) is 16.8. The quantitative estimate of drug-likeness (QED) is 0.885. The van der Waals surface area contributed by atoms with Crippen molar-refractivity contribution in [2.24, 2.45) is 0 Å². The van der Waals surface area contributed by atoms with Crippen molar-refractivity contribution in [3.63, 3.8) is 0 Å². The summed E-state index contributed by atoms with van der Waals surface area (Å²) in [5, 5.41) is 5.86. The summed E-state index contributed by atoms with van der Waals surface area (Å²) in [7, 11) is 0. The average Bonchev–Trinajstić information content (AvgIpc) is 2.51. The van der Waals surface area contributed by atoms with Crippen molar-refractivity contribution < 1.29 is 9.59 Å². The number of hydrogen-bond donors (Lipinski definition) is 2. The molecule has 0 aromatic heterocycles. The van der Waals surface area contributed by atoms with Crippen molar-refractivity contribution in [1.29, 1.82) is 0 Å². The molecule has 0 unspecified atom stereocenters. The van der Waals surface area contributed by atoms with Crippen LogP contribution in [0.25, 0.3) is 0 Å². The molecule has 2 N–H and O–H groups in total. The topological polar surface area (TPSA) is 58.2 Å². The summed E-state index contributed by atoms with van der Waals surface area (Å²) in [6, 6.07) is 12.7. The van der Waals surface area contributed by atoms with Crippen molar-refractivity contribution in [3.05, 3.63) is 69.7 Å². The molecule has 0 spiro atoms. The third kappa shape index (κ3) is 5.11. The first-order chi connectivity index (χ1) is 11.0. The van der Waals surface area contributed by atoms with E-state index in [1.54, 1.807) is 24.3 Å². The van der Waals surface area contributed by atoms with Crippen molar-refractivity contribution in [1.82, 2.24) is 10.6 Å². The summed E-state index contributed by atoms with van der Waals surface area (Å²) in [6.45, 7) is 4.41. The Bertz CT molecular complexity index is 729. The molecule has 0 aliphatic carbocycles. The fourth-order valence-electron chi connectivity index (χ4n) is 2.19. The third-order valence-electron chi connectivity index (χ3n) is 3.47. The minimum atomic E-state index is -0.325. The molecule has 0 heterocycles. The fourth-order valence-corrected chi connectivity index (χ4v) is 2.38. The van der Waals surface area contributed by atoms with E-state index in [4.69, 9.17) is 11.6 Å². The van der Waals surface area contributed by atoms with Crippen LogP contribution in [-0.4, -0.2) is 18.4 Å². The van der Waals surface area contributed by atoms with Gasteiger partial charge in [-0.05, 0) is 43.2 Å². The van der Waals surface area contributed by atoms with Crippen LogP contribution in [0, 0.1) is 13.8 Å². The Kier molecular flexibility index (Phi) is 5.77. The van der Waals surface area contributed by atoms with E-state index in [9.17, 15) is 9.59 Å². The molecule has 23 heavy (non-hydrogen) atoms. The Hall–Kier alpha value is -2.33. The highest BCUT2D eigenvalue weighted by atomic mass is 35.5. The molecule has 4 nitrogen and oxygen atoms in total. The van der Waals surface area contributed by atoms with Gasteiger partial charge < -0.3 is 10.6 Å². The van der Waals surface area contributed by atoms with E-state index in [0.717, 1.165) is 11.1 Å². The second-order valence-corrected chi connectivity index (χ2v) is 5.84. The predicted molar refractivity (Wildman–Crippen MR) is 91.5 cm³/mol. The van der Waals surface area contributed by atoms with Crippen LogP contribution in [0.5, 0.6) is 0 Å². The maximum Gasteiger partial charge on any atom is 0.251 e. The first-order valence-corrected chi connectivity index (χ1v) is 7.70. The van der Waals surface area contributed by atoms with Crippen molar-refractivity contribution in [3.8, 4) is 0 Å². The number of carbonyl (C=O) groups excluding carboxylic acids is 2. The number of nitrogens with one attached hydrogen (secondary N) is 2. The first kappa shape index (κ1) is 17.0. The molecule has 2 aromatic rings. The van der Waals surface area contributed by atoms with E-state index in [1.165, 1.54) is 5.56 Å². The predicted octanol–water partition coefficient (Wildman–Crippen LogP) is 3.00. The van der Waals surface area contributed by atoms with Crippen LogP contribution in [0.3, 0.4) is 0 Å². The standard InChI is InChI=1S/C18H19ClN2O2/c1-12-6-7-15(13(2)8-12)10-20-17(22)11-21-18(23)14-4-3-5-16(19)9-14/h3-9H,10-11H2,1-2H3,(H,20,22)(H,21,23). The van der Waals surface area contributed by atoms with Gasteiger partial charge in [0.1, 0.15) is 0 Å². The van der Waals surface area contributed by atoms with E-state index < -0.39 is 0 Å². The molecular formula is C18H19ClN2O2. The van der Waals surface area contributed by atoms with Gasteiger partial charge in [-0.15, -0.1) is 0 Å². The lowest BCUT2D eigenvalue weighted by molar-refractivity contribution is -0.120. The van der Waals surface area contributed by atoms with Gasteiger partial charge in [0.15, 0.2) is 0 Å². The molecule has 2 aromatic carbocycles. The van der Waals surface area contributed by atoms with Crippen LogP contribution >= 0.6 is 11.6 Å². The van der Waals surface area contributed by atoms with Crippen LogP contribution in [0.15, 0.2) is 42.5 Å². The number of carbonyl (C=O) groups is 2. The molecule has 0 radical (unpaired) electrons. The van der Waals surface area contributed by atoms with E-state index in [1.807, 2.05) is 26.0 Å². The smallest absolute Gasteiger partial charge is 0.251 e. The van der Waals surface area contributed by atoms with E-state index in [0.29, 0.717) is 17.1 Å². The van der Waals surface area contributed by atoms with Crippen LogP contribution in [0.1, 0.15) is 27.0 Å². The summed E-state index contributed by atoms with van der Waals surface area (Å²) >= 11 is 5.84. The third-order valence-corrected chi connectivity index (χ3v) is 3.71.